The number of benzene rings is 2. The maximum Gasteiger partial charge on any atom is 0.306 e. The molecule has 0 spiro atoms. The molecule has 6 nitrogen and oxygen atoms in total. The number of hydrogen-bond acceptors (Lipinski definition) is 4. The molecule has 0 unspecified atom stereocenters. The molecule has 0 aromatic heterocycles. The van der Waals surface area contributed by atoms with E-state index in [1.807, 2.05) is 0 Å². The molecule has 0 bridgehead atoms. The number of esters is 1. The average Bonchev–Trinajstić information content (AvgIpc) is 2.64. The third-order valence-corrected chi connectivity index (χ3v) is 4.72. The van der Waals surface area contributed by atoms with Crippen molar-refractivity contribution < 1.29 is 19.1 Å². The molecule has 0 aliphatic carbocycles. The first kappa shape index (κ1) is 22.3. The number of rotatable bonds is 7. The molecule has 28 heavy (non-hydrogen) atoms. The zero-order valence-electron chi connectivity index (χ0n) is 14.2. The molecule has 0 radical (unpaired) electrons. The molecule has 2 aromatic rings. The third-order valence-electron chi connectivity index (χ3n) is 3.35. The summed E-state index contributed by atoms with van der Waals surface area (Å²) in [5, 5.41) is 6.21. The van der Waals surface area contributed by atoms with Crippen LogP contribution in [0.1, 0.15) is 12.8 Å². The molecule has 0 fully saturated rings. The molecule has 10 heteroatoms. The molecule has 0 aliphatic heterocycles. The number of hydrogen-bond donors (Lipinski definition) is 2. The van der Waals surface area contributed by atoms with Crippen LogP contribution in [-0.4, -0.2) is 24.4 Å². The van der Waals surface area contributed by atoms with Crippen molar-refractivity contribution in [1.29, 1.82) is 0 Å². The minimum absolute atomic E-state index is 0.147. The molecule has 0 heterocycles. The lowest BCUT2D eigenvalue weighted by molar-refractivity contribution is -0.147. The summed E-state index contributed by atoms with van der Waals surface area (Å²) < 4.78 is 4.84. The second-order valence-corrected chi connectivity index (χ2v) is 7.11. The van der Waals surface area contributed by atoms with E-state index in [0.717, 1.165) is 0 Å². The summed E-state index contributed by atoms with van der Waals surface area (Å²) >= 11 is 23.5. The summed E-state index contributed by atoms with van der Waals surface area (Å²) in [5.74, 6) is -1.73. The van der Waals surface area contributed by atoms with E-state index in [0.29, 0.717) is 21.4 Å². The quantitative estimate of drug-likeness (QED) is 0.552. The topological polar surface area (TPSA) is 84.5 Å². The highest BCUT2D eigenvalue weighted by atomic mass is 35.5. The zero-order chi connectivity index (χ0) is 20.7. The molecule has 148 valence electrons. The van der Waals surface area contributed by atoms with Gasteiger partial charge >= 0.3 is 5.97 Å². The lowest BCUT2D eigenvalue weighted by Crippen LogP contribution is -2.22. The number of amides is 2. The highest BCUT2D eigenvalue weighted by Crippen LogP contribution is 2.29. The average molecular weight is 464 g/mol. The van der Waals surface area contributed by atoms with Gasteiger partial charge in [0.1, 0.15) is 0 Å². The standard InChI is InChI=1S/C18H14Cl4N2O4/c19-10-4-5-13(12(21)8-10)23-16(26)9-28-17(27)7-6-15(25)24-14-3-1-2-11(20)18(14)22/h1-5,8H,6-7,9H2,(H,23,26)(H,24,25). The largest absolute Gasteiger partial charge is 0.456 e. The summed E-state index contributed by atoms with van der Waals surface area (Å²) in [4.78, 5) is 35.4. The fraction of sp³-hybridized carbons (Fsp3) is 0.167. The van der Waals surface area contributed by atoms with Crippen molar-refractivity contribution in [3.8, 4) is 0 Å². The summed E-state index contributed by atoms with van der Waals surface area (Å²) in [7, 11) is 0. The normalized spacial score (nSPS) is 10.3. The van der Waals surface area contributed by atoms with Crippen molar-refractivity contribution in [3.05, 3.63) is 56.5 Å². The number of halogens is 4. The molecule has 2 N–H and O–H groups in total. The summed E-state index contributed by atoms with van der Waals surface area (Å²) in [6.07, 6.45) is -0.356. The van der Waals surface area contributed by atoms with E-state index in [9.17, 15) is 14.4 Å². The van der Waals surface area contributed by atoms with E-state index in [2.05, 4.69) is 10.6 Å². The van der Waals surface area contributed by atoms with Gasteiger partial charge in [0.05, 0.1) is 32.9 Å². The first-order valence-corrected chi connectivity index (χ1v) is 9.42. The third kappa shape index (κ3) is 6.87. The molecule has 0 atom stereocenters. The van der Waals surface area contributed by atoms with E-state index >= 15 is 0 Å². The van der Waals surface area contributed by atoms with E-state index in [-0.39, 0.29) is 22.9 Å². The maximum atomic E-state index is 11.9. The second kappa shape index (κ2) is 10.5. The zero-order valence-corrected chi connectivity index (χ0v) is 17.3. The summed E-state index contributed by atoms with van der Waals surface area (Å²) in [6.45, 7) is -0.514. The Balaban J connectivity index is 1.74. The number of carbonyl (C=O) groups is 3. The van der Waals surface area contributed by atoms with Gasteiger partial charge in [0.25, 0.3) is 5.91 Å². The van der Waals surface area contributed by atoms with Gasteiger partial charge in [-0.05, 0) is 30.3 Å². The van der Waals surface area contributed by atoms with Gasteiger partial charge in [-0.3, -0.25) is 14.4 Å². The van der Waals surface area contributed by atoms with Crippen LogP contribution < -0.4 is 10.6 Å². The fourth-order valence-corrected chi connectivity index (χ4v) is 2.83. The molecule has 2 rings (SSSR count). The Labute approximate surface area is 181 Å². The van der Waals surface area contributed by atoms with Crippen molar-refractivity contribution in [2.75, 3.05) is 17.2 Å². The van der Waals surface area contributed by atoms with Crippen LogP contribution in [0.25, 0.3) is 0 Å². The van der Waals surface area contributed by atoms with Gasteiger partial charge in [-0.1, -0.05) is 52.5 Å². The van der Waals surface area contributed by atoms with E-state index in [4.69, 9.17) is 51.1 Å². The van der Waals surface area contributed by atoms with Crippen molar-refractivity contribution in [2.24, 2.45) is 0 Å². The monoisotopic (exact) mass is 462 g/mol. The maximum absolute atomic E-state index is 11.9. The Bertz CT molecular complexity index is 905. The van der Waals surface area contributed by atoms with Crippen LogP contribution in [0, 0.1) is 0 Å². The number of carbonyl (C=O) groups excluding carboxylic acids is 3. The van der Waals surface area contributed by atoms with Gasteiger partial charge in [-0.2, -0.15) is 0 Å². The number of nitrogens with one attached hydrogen (secondary N) is 2. The Kier molecular flexibility index (Phi) is 8.38. The molecule has 2 aromatic carbocycles. The lowest BCUT2D eigenvalue weighted by Gasteiger charge is -2.09. The highest BCUT2D eigenvalue weighted by molar-refractivity contribution is 6.44. The van der Waals surface area contributed by atoms with Crippen molar-refractivity contribution >= 4 is 75.6 Å². The SMILES string of the molecule is O=C(COC(=O)CCC(=O)Nc1cccc(Cl)c1Cl)Nc1ccc(Cl)cc1Cl. The Hall–Kier alpha value is -1.99. The van der Waals surface area contributed by atoms with E-state index in [1.165, 1.54) is 12.1 Å². The van der Waals surface area contributed by atoms with Gasteiger partial charge in [0.15, 0.2) is 6.61 Å². The second-order valence-electron chi connectivity index (χ2n) is 5.48. The van der Waals surface area contributed by atoms with Gasteiger partial charge < -0.3 is 15.4 Å². The molecule has 2 amide bonds. The van der Waals surface area contributed by atoms with Gasteiger partial charge in [0.2, 0.25) is 5.91 Å². The number of anilines is 2. The summed E-state index contributed by atoms with van der Waals surface area (Å²) in [5.41, 5.74) is 0.677. The van der Waals surface area contributed by atoms with E-state index in [1.54, 1.807) is 24.3 Å². The predicted molar refractivity (Wildman–Crippen MR) is 110 cm³/mol. The van der Waals surface area contributed by atoms with Gasteiger partial charge in [-0.25, -0.2) is 0 Å². The van der Waals surface area contributed by atoms with Crippen LogP contribution in [0.4, 0.5) is 11.4 Å². The van der Waals surface area contributed by atoms with Gasteiger partial charge in [-0.15, -0.1) is 0 Å². The van der Waals surface area contributed by atoms with Crippen LogP contribution in [0.2, 0.25) is 20.1 Å². The van der Waals surface area contributed by atoms with E-state index < -0.39 is 24.4 Å². The van der Waals surface area contributed by atoms with Crippen LogP contribution >= 0.6 is 46.4 Å². The number of ether oxygens (including phenoxy) is 1. The summed E-state index contributed by atoms with van der Waals surface area (Å²) in [6, 6.07) is 9.34. The first-order chi connectivity index (χ1) is 13.3. The van der Waals surface area contributed by atoms with Crippen LogP contribution in [0.5, 0.6) is 0 Å². The molecule has 0 saturated carbocycles. The minimum atomic E-state index is -0.704. The Morgan fingerprint density at radius 3 is 2.25 bits per heavy atom. The highest BCUT2D eigenvalue weighted by Gasteiger charge is 2.13. The Morgan fingerprint density at radius 2 is 1.54 bits per heavy atom. The fourth-order valence-electron chi connectivity index (χ4n) is 2.02. The van der Waals surface area contributed by atoms with Crippen LogP contribution in [-0.2, 0) is 19.1 Å². The van der Waals surface area contributed by atoms with Crippen LogP contribution in [0.3, 0.4) is 0 Å². The predicted octanol–water partition coefficient (Wildman–Crippen LogP) is 5.20. The molecule has 0 saturated heterocycles. The molecular weight excluding hydrogens is 450 g/mol. The molecule has 0 aliphatic rings. The van der Waals surface area contributed by atoms with Gasteiger partial charge in [0, 0.05) is 11.4 Å². The lowest BCUT2D eigenvalue weighted by atomic mass is 10.2. The van der Waals surface area contributed by atoms with Crippen LogP contribution in [0.15, 0.2) is 36.4 Å². The van der Waals surface area contributed by atoms with Crippen molar-refractivity contribution in [3.63, 3.8) is 0 Å². The molecular formula is C18H14Cl4N2O4. The Morgan fingerprint density at radius 1 is 0.821 bits per heavy atom. The van der Waals surface area contributed by atoms with Crippen molar-refractivity contribution in [1.82, 2.24) is 0 Å². The van der Waals surface area contributed by atoms with Crippen molar-refractivity contribution in [2.45, 2.75) is 12.8 Å². The minimum Gasteiger partial charge on any atom is -0.456 e. The first-order valence-electron chi connectivity index (χ1n) is 7.90. The smallest absolute Gasteiger partial charge is 0.306 e.